The highest BCUT2D eigenvalue weighted by atomic mass is 35.5. The van der Waals surface area contributed by atoms with Crippen LogP contribution in [0.3, 0.4) is 0 Å². The fourth-order valence-corrected chi connectivity index (χ4v) is 2.16. The predicted molar refractivity (Wildman–Crippen MR) is 65.5 cm³/mol. The molecule has 1 aromatic rings. The number of halogens is 1. The molecule has 1 aromatic heterocycles. The minimum absolute atomic E-state index is 0.190. The molecule has 1 atom stereocenters. The summed E-state index contributed by atoms with van der Waals surface area (Å²) in [5, 5.41) is 9.30. The molecule has 1 N–H and O–H groups in total. The van der Waals surface area contributed by atoms with Crippen LogP contribution in [0.15, 0.2) is 18.3 Å². The third kappa shape index (κ3) is 2.79. The molecule has 2 heterocycles. The van der Waals surface area contributed by atoms with Crippen molar-refractivity contribution in [1.29, 1.82) is 0 Å². The lowest BCUT2D eigenvalue weighted by atomic mass is 9.98. The monoisotopic (exact) mass is 268 g/mol. The van der Waals surface area contributed by atoms with Crippen LogP contribution < -0.4 is 0 Å². The minimum Gasteiger partial charge on any atom is -0.481 e. The zero-order chi connectivity index (χ0) is 13.1. The number of carboxylic acids is 1. The maximum Gasteiger partial charge on any atom is 0.308 e. The number of aromatic nitrogens is 1. The lowest BCUT2D eigenvalue weighted by Gasteiger charge is -2.30. The van der Waals surface area contributed by atoms with Gasteiger partial charge >= 0.3 is 5.97 Å². The number of amides is 1. The van der Waals surface area contributed by atoms with Gasteiger partial charge in [-0.3, -0.25) is 9.59 Å². The van der Waals surface area contributed by atoms with Crippen LogP contribution in [0.25, 0.3) is 0 Å². The number of pyridine rings is 1. The molecule has 2 rings (SSSR count). The van der Waals surface area contributed by atoms with Gasteiger partial charge in [-0.25, -0.2) is 4.98 Å². The Morgan fingerprint density at radius 2 is 2.22 bits per heavy atom. The van der Waals surface area contributed by atoms with Gasteiger partial charge in [-0.15, -0.1) is 0 Å². The van der Waals surface area contributed by atoms with Gasteiger partial charge in [0, 0.05) is 19.3 Å². The summed E-state index contributed by atoms with van der Waals surface area (Å²) in [5.41, 5.74) is 0.436. The van der Waals surface area contributed by atoms with Crippen LogP contribution in [0.5, 0.6) is 0 Å². The Balaban J connectivity index is 2.09. The summed E-state index contributed by atoms with van der Waals surface area (Å²) in [5.74, 6) is -1.50. The Bertz CT molecular complexity index is 461. The van der Waals surface area contributed by atoms with Crippen LogP contribution in [0, 0.1) is 5.92 Å². The maximum absolute atomic E-state index is 12.1. The highest BCUT2D eigenvalue weighted by Crippen LogP contribution is 2.19. The molecule has 18 heavy (non-hydrogen) atoms. The third-order valence-corrected chi connectivity index (χ3v) is 3.26. The fraction of sp³-hybridized carbons (Fsp3) is 0.417. The molecule has 0 aromatic carbocycles. The number of aliphatic carboxylic acids is 1. The third-order valence-electron chi connectivity index (χ3n) is 3.03. The maximum atomic E-state index is 12.1. The number of nitrogens with zero attached hydrogens (tertiary/aromatic N) is 2. The SMILES string of the molecule is O=C(O)[C@H]1CCCN(C(=O)c2ccc(Cl)nc2)C1. The normalized spacial score (nSPS) is 19.6. The number of carbonyl (C=O) groups excluding carboxylic acids is 1. The molecule has 0 saturated carbocycles. The predicted octanol–water partition coefficient (Wildman–Crippen LogP) is 1.67. The highest BCUT2D eigenvalue weighted by molar-refractivity contribution is 6.29. The molecule has 1 fully saturated rings. The molecule has 1 amide bonds. The van der Waals surface area contributed by atoms with E-state index in [0.717, 1.165) is 0 Å². The van der Waals surface area contributed by atoms with Crippen LogP contribution in [-0.2, 0) is 4.79 Å². The summed E-state index contributed by atoms with van der Waals surface area (Å²) in [7, 11) is 0. The fourth-order valence-electron chi connectivity index (χ4n) is 2.05. The number of carbonyl (C=O) groups is 2. The Labute approximate surface area is 109 Å². The van der Waals surface area contributed by atoms with Crippen molar-refractivity contribution < 1.29 is 14.7 Å². The number of likely N-dealkylation sites (tertiary alicyclic amines) is 1. The Morgan fingerprint density at radius 1 is 1.44 bits per heavy atom. The van der Waals surface area contributed by atoms with Gasteiger partial charge in [0.25, 0.3) is 5.91 Å². The number of carboxylic acid groups (broad SMARTS) is 1. The molecular weight excluding hydrogens is 256 g/mol. The molecule has 5 nitrogen and oxygen atoms in total. The van der Waals surface area contributed by atoms with E-state index in [1.807, 2.05) is 0 Å². The van der Waals surface area contributed by atoms with Crippen LogP contribution in [0.2, 0.25) is 5.15 Å². The van der Waals surface area contributed by atoms with Gasteiger partial charge < -0.3 is 10.0 Å². The van der Waals surface area contributed by atoms with E-state index < -0.39 is 11.9 Å². The van der Waals surface area contributed by atoms with Gasteiger partial charge in [-0.2, -0.15) is 0 Å². The zero-order valence-corrected chi connectivity index (χ0v) is 10.4. The molecule has 1 aliphatic rings. The van der Waals surface area contributed by atoms with E-state index in [4.69, 9.17) is 16.7 Å². The Morgan fingerprint density at radius 3 is 2.83 bits per heavy atom. The van der Waals surface area contributed by atoms with Crippen LogP contribution >= 0.6 is 11.6 Å². The zero-order valence-electron chi connectivity index (χ0n) is 9.67. The average Bonchev–Trinajstić information content (AvgIpc) is 2.39. The van der Waals surface area contributed by atoms with Crippen molar-refractivity contribution in [2.45, 2.75) is 12.8 Å². The summed E-state index contributed by atoms with van der Waals surface area (Å²) >= 11 is 5.65. The van der Waals surface area contributed by atoms with Gasteiger partial charge in [0.05, 0.1) is 11.5 Å². The summed E-state index contributed by atoms with van der Waals surface area (Å²) in [4.78, 5) is 28.5. The van der Waals surface area contributed by atoms with E-state index >= 15 is 0 Å². The standard InChI is InChI=1S/C12H13ClN2O3/c13-10-4-3-8(6-14-10)11(16)15-5-1-2-9(7-15)12(17)18/h3-4,6,9H,1-2,5,7H2,(H,17,18)/t9-/m0/s1. The first-order valence-corrected chi connectivity index (χ1v) is 6.09. The van der Waals surface area contributed by atoms with Crippen molar-refractivity contribution >= 4 is 23.5 Å². The van der Waals surface area contributed by atoms with Crippen LogP contribution in [-0.4, -0.2) is 40.0 Å². The second-order valence-corrected chi connectivity index (χ2v) is 4.69. The number of hydrogen-bond acceptors (Lipinski definition) is 3. The summed E-state index contributed by atoms with van der Waals surface area (Å²) in [6, 6.07) is 3.15. The van der Waals surface area contributed by atoms with E-state index in [1.165, 1.54) is 6.20 Å². The summed E-state index contributed by atoms with van der Waals surface area (Å²) < 4.78 is 0. The van der Waals surface area contributed by atoms with Crippen LogP contribution in [0.4, 0.5) is 0 Å². The van der Waals surface area contributed by atoms with Crippen molar-refractivity contribution in [3.8, 4) is 0 Å². The number of rotatable bonds is 2. The Kier molecular flexibility index (Phi) is 3.81. The van der Waals surface area contributed by atoms with Crippen LogP contribution in [0.1, 0.15) is 23.2 Å². The van der Waals surface area contributed by atoms with Gasteiger partial charge in [0.2, 0.25) is 0 Å². The lowest BCUT2D eigenvalue weighted by molar-refractivity contribution is -0.143. The largest absolute Gasteiger partial charge is 0.481 e. The quantitative estimate of drug-likeness (QED) is 0.829. The van der Waals surface area contributed by atoms with E-state index in [1.54, 1.807) is 17.0 Å². The highest BCUT2D eigenvalue weighted by Gasteiger charge is 2.28. The molecule has 0 aliphatic carbocycles. The Hall–Kier alpha value is -1.62. The van der Waals surface area contributed by atoms with Crippen molar-refractivity contribution in [3.63, 3.8) is 0 Å². The molecule has 96 valence electrons. The van der Waals surface area contributed by atoms with Gasteiger partial charge in [-0.05, 0) is 25.0 Å². The van der Waals surface area contributed by atoms with Crippen molar-refractivity contribution in [1.82, 2.24) is 9.88 Å². The molecule has 6 heteroatoms. The van der Waals surface area contributed by atoms with E-state index in [9.17, 15) is 9.59 Å². The summed E-state index contributed by atoms with van der Waals surface area (Å²) in [6.45, 7) is 0.849. The molecular formula is C12H13ClN2O3. The smallest absolute Gasteiger partial charge is 0.308 e. The first-order chi connectivity index (χ1) is 8.58. The van der Waals surface area contributed by atoms with Gasteiger partial charge in [-0.1, -0.05) is 11.6 Å². The topological polar surface area (TPSA) is 70.5 Å². The number of piperidine rings is 1. The van der Waals surface area contributed by atoms with Crippen molar-refractivity contribution in [3.05, 3.63) is 29.0 Å². The molecule has 0 unspecified atom stereocenters. The first-order valence-electron chi connectivity index (χ1n) is 5.71. The lowest BCUT2D eigenvalue weighted by Crippen LogP contribution is -2.42. The van der Waals surface area contributed by atoms with Gasteiger partial charge in [0.1, 0.15) is 5.15 Å². The number of hydrogen-bond donors (Lipinski definition) is 1. The average molecular weight is 269 g/mol. The molecule has 1 saturated heterocycles. The molecule has 0 radical (unpaired) electrons. The second kappa shape index (κ2) is 5.35. The van der Waals surface area contributed by atoms with Crippen molar-refractivity contribution in [2.24, 2.45) is 5.92 Å². The molecule has 0 spiro atoms. The molecule has 1 aliphatic heterocycles. The van der Waals surface area contributed by atoms with E-state index in [2.05, 4.69) is 4.98 Å². The second-order valence-electron chi connectivity index (χ2n) is 4.30. The van der Waals surface area contributed by atoms with E-state index in [0.29, 0.717) is 30.1 Å². The summed E-state index contributed by atoms with van der Waals surface area (Å²) in [6.07, 6.45) is 2.75. The molecule has 0 bridgehead atoms. The van der Waals surface area contributed by atoms with Gasteiger partial charge in [0.15, 0.2) is 0 Å². The van der Waals surface area contributed by atoms with E-state index in [-0.39, 0.29) is 12.5 Å². The first kappa shape index (κ1) is 12.8. The minimum atomic E-state index is -0.846. The van der Waals surface area contributed by atoms with Crippen molar-refractivity contribution in [2.75, 3.05) is 13.1 Å².